The maximum atomic E-state index is 12.4. The molecule has 0 radical (unpaired) electrons. The van der Waals surface area contributed by atoms with E-state index in [0.29, 0.717) is 33.9 Å². The Labute approximate surface area is 156 Å². The Morgan fingerprint density at radius 1 is 1.32 bits per heavy atom. The SMILES string of the molecule is CCCN1C(=O)/C(=C\c2ccc(OCC(N)=O)c(OCC)c2)SC1=S. The summed E-state index contributed by atoms with van der Waals surface area (Å²) in [7, 11) is 0. The molecule has 0 bridgehead atoms. The fraction of sp³-hybridized carbons (Fsp3) is 0.353. The third kappa shape index (κ3) is 4.96. The van der Waals surface area contributed by atoms with E-state index in [9.17, 15) is 9.59 Å². The van der Waals surface area contributed by atoms with Crippen molar-refractivity contribution in [1.29, 1.82) is 0 Å². The molecule has 1 aliphatic rings. The molecule has 1 aliphatic heterocycles. The number of thiocarbonyl (C=S) groups is 1. The average Bonchev–Trinajstić information content (AvgIpc) is 2.82. The molecule has 0 aliphatic carbocycles. The van der Waals surface area contributed by atoms with Gasteiger partial charge in [-0.2, -0.15) is 0 Å². The summed E-state index contributed by atoms with van der Waals surface area (Å²) in [4.78, 5) is 25.5. The van der Waals surface area contributed by atoms with E-state index in [-0.39, 0.29) is 12.5 Å². The second-order valence-electron chi connectivity index (χ2n) is 5.23. The Bertz CT molecular complexity index is 719. The van der Waals surface area contributed by atoms with E-state index < -0.39 is 5.91 Å². The smallest absolute Gasteiger partial charge is 0.266 e. The highest BCUT2D eigenvalue weighted by atomic mass is 32.2. The van der Waals surface area contributed by atoms with E-state index in [1.54, 1.807) is 29.2 Å². The first kappa shape index (κ1) is 19.3. The Balaban J connectivity index is 2.24. The third-order valence-electron chi connectivity index (χ3n) is 3.26. The summed E-state index contributed by atoms with van der Waals surface area (Å²) in [5, 5.41) is 0. The summed E-state index contributed by atoms with van der Waals surface area (Å²) in [6.07, 6.45) is 2.62. The summed E-state index contributed by atoms with van der Waals surface area (Å²) in [5.74, 6) is 0.271. The highest BCUT2D eigenvalue weighted by Gasteiger charge is 2.31. The monoisotopic (exact) mass is 380 g/mol. The number of thioether (sulfide) groups is 1. The highest BCUT2D eigenvalue weighted by molar-refractivity contribution is 8.26. The number of nitrogens with zero attached hydrogens (tertiary/aromatic N) is 1. The molecule has 1 heterocycles. The van der Waals surface area contributed by atoms with Crippen LogP contribution in [0.15, 0.2) is 23.1 Å². The zero-order valence-corrected chi connectivity index (χ0v) is 15.7. The van der Waals surface area contributed by atoms with Crippen molar-refractivity contribution in [3.8, 4) is 11.5 Å². The van der Waals surface area contributed by atoms with Crippen LogP contribution in [0.2, 0.25) is 0 Å². The lowest BCUT2D eigenvalue weighted by Crippen LogP contribution is -2.28. The van der Waals surface area contributed by atoms with Crippen LogP contribution in [0.5, 0.6) is 11.5 Å². The van der Waals surface area contributed by atoms with Gasteiger partial charge in [0.2, 0.25) is 0 Å². The zero-order chi connectivity index (χ0) is 18.4. The largest absolute Gasteiger partial charge is 0.490 e. The maximum absolute atomic E-state index is 12.4. The Morgan fingerprint density at radius 3 is 2.72 bits per heavy atom. The molecule has 0 unspecified atom stereocenters. The number of hydrogen-bond acceptors (Lipinski definition) is 6. The molecule has 8 heteroatoms. The minimum atomic E-state index is -0.564. The Morgan fingerprint density at radius 2 is 2.08 bits per heavy atom. The lowest BCUT2D eigenvalue weighted by molar-refractivity contribution is -0.122. The van der Waals surface area contributed by atoms with Gasteiger partial charge in [0.1, 0.15) is 4.32 Å². The van der Waals surface area contributed by atoms with Gasteiger partial charge in [-0.15, -0.1) is 0 Å². The summed E-state index contributed by atoms with van der Waals surface area (Å²) in [6.45, 7) is 4.68. The normalized spacial score (nSPS) is 15.8. The minimum absolute atomic E-state index is 0.0798. The summed E-state index contributed by atoms with van der Waals surface area (Å²) < 4.78 is 11.5. The number of rotatable bonds is 8. The van der Waals surface area contributed by atoms with E-state index >= 15 is 0 Å². The van der Waals surface area contributed by atoms with Gasteiger partial charge in [0.25, 0.3) is 11.8 Å². The standard InChI is InChI=1S/C17H20N2O4S2/c1-3-7-19-16(21)14(25-17(19)24)9-11-5-6-12(23-10-15(18)20)13(8-11)22-4-2/h5-6,8-9H,3-4,7,10H2,1-2H3,(H2,18,20)/b14-9+. The molecule has 6 nitrogen and oxygen atoms in total. The van der Waals surface area contributed by atoms with Gasteiger partial charge >= 0.3 is 0 Å². The first-order valence-corrected chi connectivity index (χ1v) is 9.12. The van der Waals surface area contributed by atoms with Crippen molar-refractivity contribution in [1.82, 2.24) is 4.90 Å². The number of carbonyl (C=O) groups excluding carboxylic acids is 2. The second kappa shape index (κ2) is 8.87. The average molecular weight is 380 g/mol. The predicted molar refractivity (Wildman–Crippen MR) is 102 cm³/mol. The molecule has 2 amide bonds. The molecule has 0 aromatic heterocycles. The van der Waals surface area contributed by atoms with Crippen molar-refractivity contribution in [3.63, 3.8) is 0 Å². The highest BCUT2D eigenvalue weighted by Crippen LogP contribution is 2.34. The topological polar surface area (TPSA) is 81.9 Å². The molecule has 0 saturated carbocycles. The second-order valence-corrected chi connectivity index (χ2v) is 6.90. The van der Waals surface area contributed by atoms with Crippen LogP contribution in [-0.4, -0.2) is 40.8 Å². The van der Waals surface area contributed by atoms with Gasteiger partial charge in [0.05, 0.1) is 11.5 Å². The molecule has 25 heavy (non-hydrogen) atoms. The molecular weight excluding hydrogens is 360 g/mol. The molecule has 2 N–H and O–H groups in total. The fourth-order valence-corrected chi connectivity index (χ4v) is 3.53. The van der Waals surface area contributed by atoms with Crippen LogP contribution in [0, 0.1) is 0 Å². The van der Waals surface area contributed by atoms with Gasteiger partial charge in [0, 0.05) is 6.54 Å². The lowest BCUT2D eigenvalue weighted by Gasteiger charge is -2.12. The van der Waals surface area contributed by atoms with Crippen LogP contribution in [0.25, 0.3) is 6.08 Å². The number of carbonyl (C=O) groups is 2. The van der Waals surface area contributed by atoms with Gasteiger partial charge in [0.15, 0.2) is 18.1 Å². The Hall–Kier alpha value is -2.06. The number of nitrogens with two attached hydrogens (primary N) is 1. The fourth-order valence-electron chi connectivity index (χ4n) is 2.22. The van der Waals surface area contributed by atoms with Crippen LogP contribution >= 0.6 is 24.0 Å². The molecule has 1 fully saturated rings. The van der Waals surface area contributed by atoms with Gasteiger partial charge < -0.3 is 15.2 Å². The number of amides is 2. The molecular formula is C17H20N2O4S2. The van der Waals surface area contributed by atoms with Crippen LogP contribution in [0.1, 0.15) is 25.8 Å². The number of benzene rings is 1. The van der Waals surface area contributed by atoms with Crippen molar-refractivity contribution in [2.45, 2.75) is 20.3 Å². The van der Waals surface area contributed by atoms with Crippen molar-refractivity contribution >= 4 is 46.2 Å². The summed E-state index contributed by atoms with van der Waals surface area (Å²) >= 11 is 6.55. The molecule has 0 atom stereocenters. The quantitative estimate of drug-likeness (QED) is 0.551. The van der Waals surface area contributed by atoms with Crippen LogP contribution < -0.4 is 15.2 Å². The maximum Gasteiger partial charge on any atom is 0.266 e. The summed E-state index contributed by atoms with van der Waals surface area (Å²) in [6, 6.07) is 5.23. The van der Waals surface area contributed by atoms with Crippen LogP contribution in [0.4, 0.5) is 0 Å². The van der Waals surface area contributed by atoms with Crippen molar-refractivity contribution in [2.24, 2.45) is 5.73 Å². The molecule has 1 saturated heterocycles. The Kier molecular flexibility index (Phi) is 6.83. The van der Waals surface area contributed by atoms with E-state index in [0.717, 1.165) is 12.0 Å². The summed E-state index contributed by atoms with van der Waals surface area (Å²) in [5.41, 5.74) is 5.88. The van der Waals surface area contributed by atoms with Gasteiger partial charge in [-0.1, -0.05) is 37.0 Å². The molecule has 1 aromatic carbocycles. The molecule has 134 valence electrons. The van der Waals surface area contributed by atoms with Gasteiger partial charge in [-0.3, -0.25) is 14.5 Å². The number of hydrogen-bond donors (Lipinski definition) is 1. The van der Waals surface area contributed by atoms with E-state index in [1.807, 2.05) is 13.8 Å². The molecule has 2 rings (SSSR count). The number of ether oxygens (including phenoxy) is 2. The molecule has 0 spiro atoms. The van der Waals surface area contributed by atoms with Gasteiger partial charge in [-0.05, 0) is 37.1 Å². The van der Waals surface area contributed by atoms with E-state index in [1.165, 1.54) is 11.8 Å². The van der Waals surface area contributed by atoms with E-state index in [4.69, 9.17) is 27.4 Å². The first-order chi connectivity index (χ1) is 12.0. The van der Waals surface area contributed by atoms with Gasteiger partial charge in [-0.25, -0.2) is 0 Å². The number of primary amides is 1. The van der Waals surface area contributed by atoms with Crippen molar-refractivity contribution < 1.29 is 19.1 Å². The minimum Gasteiger partial charge on any atom is -0.490 e. The predicted octanol–water partition coefficient (Wildman–Crippen LogP) is 2.56. The lowest BCUT2D eigenvalue weighted by atomic mass is 10.2. The van der Waals surface area contributed by atoms with Crippen LogP contribution in [-0.2, 0) is 9.59 Å². The molecule has 1 aromatic rings. The van der Waals surface area contributed by atoms with E-state index in [2.05, 4.69) is 0 Å². The van der Waals surface area contributed by atoms with Crippen LogP contribution in [0.3, 0.4) is 0 Å². The third-order valence-corrected chi connectivity index (χ3v) is 4.63. The van der Waals surface area contributed by atoms with Crippen molar-refractivity contribution in [2.75, 3.05) is 19.8 Å². The van der Waals surface area contributed by atoms with Crippen molar-refractivity contribution in [3.05, 3.63) is 28.7 Å². The zero-order valence-electron chi connectivity index (χ0n) is 14.1. The first-order valence-electron chi connectivity index (χ1n) is 7.89.